The maximum atomic E-state index is 10.2. The van der Waals surface area contributed by atoms with E-state index in [-0.39, 0.29) is 0 Å². The second kappa shape index (κ2) is 2.19. The number of hydrogen-bond acceptors (Lipinski definition) is 2. The lowest BCUT2D eigenvalue weighted by atomic mass is 10.4. The Morgan fingerprint density at radius 1 is 1.67 bits per heavy atom. The third-order valence-corrected chi connectivity index (χ3v) is 1.80. The van der Waals surface area contributed by atoms with Crippen LogP contribution in [0, 0.1) is 6.92 Å². The number of aromatic carboxylic acids is 1. The molecular weight excluding hydrogens is 136 g/mol. The highest BCUT2D eigenvalue weighted by atomic mass is 32.1. The van der Waals surface area contributed by atoms with Crippen LogP contribution >= 0.6 is 11.3 Å². The van der Waals surface area contributed by atoms with Gasteiger partial charge >= 0.3 is 5.97 Å². The molecule has 1 heterocycles. The van der Waals surface area contributed by atoms with E-state index in [0.29, 0.717) is 4.88 Å². The lowest BCUT2D eigenvalue weighted by Gasteiger charge is -1.80. The maximum Gasteiger partial charge on any atom is 0.345 e. The fraction of sp³-hybridized carbons (Fsp3) is 0. The molecule has 1 aromatic heterocycles. The van der Waals surface area contributed by atoms with Crippen molar-refractivity contribution in [3.63, 3.8) is 0 Å². The molecule has 9 heavy (non-hydrogen) atoms. The summed E-state index contributed by atoms with van der Waals surface area (Å²) in [6, 6.07) is 3.24. The van der Waals surface area contributed by atoms with Crippen LogP contribution in [0.25, 0.3) is 0 Å². The van der Waals surface area contributed by atoms with Crippen LogP contribution in [0.3, 0.4) is 0 Å². The number of carboxylic acids is 1. The SMILES string of the molecule is [CH2]c1ccc(C(=O)O)s1. The summed E-state index contributed by atoms with van der Waals surface area (Å²) in [4.78, 5) is 11.3. The second-order valence-electron chi connectivity index (χ2n) is 1.57. The number of thiophene rings is 1. The maximum absolute atomic E-state index is 10.2. The van der Waals surface area contributed by atoms with Crippen LogP contribution in [-0.4, -0.2) is 11.1 Å². The van der Waals surface area contributed by atoms with Crippen LogP contribution in [0.4, 0.5) is 0 Å². The predicted molar refractivity (Wildman–Crippen MR) is 35.7 cm³/mol. The van der Waals surface area contributed by atoms with Crippen molar-refractivity contribution in [1.29, 1.82) is 0 Å². The van der Waals surface area contributed by atoms with Crippen molar-refractivity contribution in [2.24, 2.45) is 0 Å². The van der Waals surface area contributed by atoms with Crippen molar-refractivity contribution >= 4 is 17.3 Å². The third-order valence-electron chi connectivity index (χ3n) is 0.872. The molecule has 0 spiro atoms. The van der Waals surface area contributed by atoms with Gasteiger partial charge in [-0.05, 0) is 19.1 Å². The van der Waals surface area contributed by atoms with Gasteiger partial charge in [-0.1, -0.05) is 0 Å². The zero-order chi connectivity index (χ0) is 6.85. The van der Waals surface area contributed by atoms with Gasteiger partial charge in [-0.15, -0.1) is 11.3 Å². The van der Waals surface area contributed by atoms with Crippen LogP contribution in [0.1, 0.15) is 14.5 Å². The average molecular weight is 141 g/mol. The van der Waals surface area contributed by atoms with Crippen LogP contribution in [0.2, 0.25) is 0 Å². The van der Waals surface area contributed by atoms with Gasteiger partial charge in [0.1, 0.15) is 4.88 Å². The lowest BCUT2D eigenvalue weighted by molar-refractivity contribution is 0.0702. The Kier molecular flexibility index (Phi) is 1.53. The fourth-order valence-corrected chi connectivity index (χ4v) is 1.13. The fourth-order valence-electron chi connectivity index (χ4n) is 0.493. The van der Waals surface area contributed by atoms with E-state index in [4.69, 9.17) is 5.11 Å². The smallest absolute Gasteiger partial charge is 0.345 e. The molecular formula is C6H5O2S. The summed E-state index contributed by atoms with van der Waals surface area (Å²) in [5, 5.41) is 8.38. The van der Waals surface area contributed by atoms with Crippen molar-refractivity contribution in [1.82, 2.24) is 0 Å². The molecule has 3 heteroatoms. The Bertz CT molecular complexity index is 227. The van der Waals surface area contributed by atoms with Crippen LogP contribution in [-0.2, 0) is 0 Å². The molecule has 0 unspecified atom stereocenters. The highest BCUT2D eigenvalue weighted by Crippen LogP contribution is 2.13. The molecule has 0 saturated heterocycles. The number of carbonyl (C=O) groups is 1. The molecule has 0 aliphatic carbocycles. The van der Waals surface area contributed by atoms with Crippen molar-refractivity contribution in [2.75, 3.05) is 0 Å². The highest BCUT2D eigenvalue weighted by Gasteiger charge is 2.02. The quantitative estimate of drug-likeness (QED) is 0.645. The minimum atomic E-state index is -0.880. The van der Waals surface area contributed by atoms with Gasteiger partial charge in [0.15, 0.2) is 0 Å². The Balaban J connectivity index is 2.98. The first-order valence-corrected chi connectivity index (χ1v) is 3.17. The normalized spacial score (nSPS) is 9.44. The summed E-state index contributed by atoms with van der Waals surface area (Å²) in [5.74, 6) is -0.880. The summed E-state index contributed by atoms with van der Waals surface area (Å²) in [5.41, 5.74) is 0. The first-order valence-electron chi connectivity index (χ1n) is 2.35. The van der Waals surface area contributed by atoms with E-state index in [1.54, 1.807) is 12.1 Å². The molecule has 1 rings (SSSR count). The molecule has 0 bridgehead atoms. The number of carboxylic acid groups (broad SMARTS) is 1. The van der Waals surface area contributed by atoms with Gasteiger partial charge < -0.3 is 5.11 Å². The number of hydrogen-bond donors (Lipinski definition) is 1. The minimum absolute atomic E-state index is 0.347. The molecule has 1 aromatic rings. The Morgan fingerprint density at radius 3 is 2.56 bits per heavy atom. The van der Waals surface area contributed by atoms with Gasteiger partial charge in [-0.25, -0.2) is 4.79 Å². The molecule has 0 saturated carbocycles. The van der Waals surface area contributed by atoms with E-state index in [1.807, 2.05) is 0 Å². The Labute approximate surface area is 56.8 Å². The molecule has 0 aliphatic rings. The Hall–Kier alpha value is -0.830. The topological polar surface area (TPSA) is 37.3 Å². The lowest BCUT2D eigenvalue weighted by Crippen LogP contribution is -1.89. The summed E-state index contributed by atoms with van der Waals surface area (Å²) < 4.78 is 0. The average Bonchev–Trinajstić information content (AvgIpc) is 2.14. The first-order chi connectivity index (χ1) is 4.20. The van der Waals surface area contributed by atoms with E-state index in [9.17, 15) is 4.79 Å². The zero-order valence-electron chi connectivity index (χ0n) is 4.63. The summed E-state index contributed by atoms with van der Waals surface area (Å²) in [7, 11) is 0. The van der Waals surface area contributed by atoms with Crippen LogP contribution in [0.15, 0.2) is 12.1 Å². The van der Waals surface area contributed by atoms with E-state index in [2.05, 4.69) is 6.92 Å². The predicted octanol–water partition coefficient (Wildman–Crippen LogP) is 1.63. The monoisotopic (exact) mass is 141 g/mol. The van der Waals surface area contributed by atoms with Gasteiger partial charge in [0.2, 0.25) is 0 Å². The molecule has 47 valence electrons. The summed E-state index contributed by atoms with van der Waals surface area (Å²) >= 11 is 1.19. The Morgan fingerprint density at radius 2 is 2.33 bits per heavy atom. The van der Waals surface area contributed by atoms with E-state index in [1.165, 1.54) is 11.3 Å². The zero-order valence-corrected chi connectivity index (χ0v) is 5.44. The van der Waals surface area contributed by atoms with Gasteiger partial charge in [0, 0.05) is 4.88 Å². The number of rotatable bonds is 1. The summed E-state index contributed by atoms with van der Waals surface area (Å²) in [6.07, 6.45) is 0. The molecule has 0 amide bonds. The molecule has 0 fully saturated rings. The molecule has 1 N–H and O–H groups in total. The third kappa shape index (κ3) is 1.29. The van der Waals surface area contributed by atoms with Crippen molar-refractivity contribution < 1.29 is 9.90 Å². The van der Waals surface area contributed by atoms with E-state index in [0.717, 1.165) is 4.88 Å². The molecule has 2 nitrogen and oxygen atoms in total. The van der Waals surface area contributed by atoms with E-state index < -0.39 is 5.97 Å². The summed E-state index contributed by atoms with van der Waals surface area (Å²) in [6.45, 7) is 3.58. The first kappa shape index (κ1) is 6.29. The standard InChI is InChI=1S/C6H5O2S/c1-4-2-3-5(9-4)6(7)8/h2-3H,1H2,(H,7,8). The largest absolute Gasteiger partial charge is 0.477 e. The van der Waals surface area contributed by atoms with Gasteiger partial charge in [0.05, 0.1) is 0 Å². The van der Waals surface area contributed by atoms with Crippen LogP contribution < -0.4 is 0 Å². The molecule has 0 atom stereocenters. The molecule has 0 aliphatic heterocycles. The van der Waals surface area contributed by atoms with Gasteiger partial charge in [-0.2, -0.15) is 0 Å². The highest BCUT2D eigenvalue weighted by molar-refractivity contribution is 7.14. The van der Waals surface area contributed by atoms with Gasteiger partial charge in [0.25, 0.3) is 0 Å². The van der Waals surface area contributed by atoms with Crippen molar-refractivity contribution in [3.05, 3.63) is 28.8 Å². The molecule has 1 radical (unpaired) electrons. The van der Waals surface area contributed by atoms with Gasteiger partial charge in [-0.3, -0.25) is 0 Å². The van der Waals surface area contributed by atoms with Crippen molar-refractivity contribution in [2.45, 2.75) is 0 Å². The second-order valence-corrected chi connectivity index (χ2v) is 2.74. The van der Waals surface area contributed by atoms with E-state index >= 15 is 0 Å². The van der Waals surface area contributed by atoms with Crippen LogP contribution in [0.5, 0.6) is 0 Å². The molecule has 0 aromatic carbocycles. The minimum Gasteiger partial charge on any atom is -0.477 e. The van der Waals surface area contributed by atoms with Crippen molar-refractivity contribution in [3.8, 4) is 0 Å².